The van der Waals surface area contributed by atoms with E-state index < -0.39 is 0 Å². The maximum Gasteiger partial charge on any atom is 0.188 e. The molecule has 0 fully saturated rings. The normalized spacial score (nSPS) is 10.7. The minimum absolute atomic E-state index is 0.186. The fraction of sp³-hybridized carbons (Fsp3) is 0.0952. The van der Waals surface area contributed by atoms with Gasteiger partial charge in [-0.2, -0.15) is 0 Å². The molecular formula is C21H18N4O2S2. The zero-order chi connectivity index (χ0) is 20.1. The van der Waals surface area contributed by atoms with Crippen molar-refractivity contribution < 1.29 is 9.84 Å². The summed E-state index contributed by atoms with van der Waals surface area (Å²) in [6.45, 7) is 1.95. The van der Waals surface area contributed by atoms with Crippen molar-refractivity contribution in [3.05, 3.63) is 77.7 Å². The van der Waals surface area contributed by atoms with Gasteiger partial charge >= 0.3 is 0 Å². The van der Waals surface area contributed by atoms with Gasteiger partial charge in [0.05, 0.1) is 11.4 Å². The molecule has 4 aromatic rings. The average molecular weight is 423 g/mol. The summed E-state index contributed by atoms with van der Waals surface area (Å²) in [6, 6.07) is 14.8. The summed E-state index contributed by atoms with van der Waals surface area (Å²) in [5.41, 5.74) is 1.58. The van der Waals surface area contributed by atoms with E-state index >= 15 is 0 Å². The number of hydrogen-bond acceptors (Lipinski definition) is 8. The van der Waals surface area contributed by atoms with E-state index in [-0.39, 0.29) is 5.75 Å². The van der Waals surface area contributed by atoms with Gasteiger partial charge in [0.1, 0.15) is 11.5 Å². The molecule has 0 aliphatic heterocycles. The number of anilines is 2. The fourth-order valence-corrected chi connectivity index (χ4v) is 4.03. The Morgan fingerprint density at radius 3 is 2.76 bits per heavy atom. The summed E-state index contributed by atoms with van der Waals surface area (Å²) in [5.74, 6) is 2.62. The Hall–Kier alpha value is -3.10. The number of ether oxygens (including phenoxy) is 1. The van der Waals surface area contributed by atoms with Crippen LogP contribution in [0.25, 0.3) is 0 Å². The predicted octanol–water partition coefficient (Wildman–Crippen LogP) is 5.78. The zero-order valence-electron chi connectivity index (χ0n) is 15.6. The first-order valence-corrected chi connectivity index (χ1v) is 10.7. The molecule has 0 saturated heterocycles. The van der Waals surface area contributed by atoms with E-state index in [1.165, 1.54) is 23.1 Å². The van der Waals surface area contributed by atoms with Crippen molar-refractivity contribution in [1.82, 2.24) is 15.0 Å². The van der Waals surface area contributed by atoms with Gasteiger partial charge < -0.3 is 15.2 Å². The second kappa shape index (κ2) is 8.93. The number of thiazole rings is 1. The van der Waals surface area contributed by atoms with E-state index in [9.17, 15) is 5.11 Å². The lowest BCUT2D eigenvalue weighted by Crippen LogP contribution is -1.98. The molecule has 1 aromatic carbocycles. The van der Waals surface area contributed by atoms with Crippen LogP contribution in [0.5, 0.6) is 17.2 Å². The zero-order valence-corrected chi connectivity index (χ0v) is 17.2. The van der Waals surface area contributed by atoms with Gasteiger partial charge in [0.2, 0.25) is 0 Å². The summed E-state index contributed by atoms with van der Waals surface area (Å²) in [5, 5.41) is 15.9. The van der Waals surface area contributed by atoms with Crippen molar-refractivity contribution in [3.8, 4) is 17.2 Å². The Balaban J connectivity index is 1.58. The highest BCUT2D eigenvalue weighted by atomic mass is 32.2. The van der Waals surface area contributed by atoms with Gasteiger partial charge in [-0.15, -0.1) is 23.1 Å². The van der Waals surface area contributed by atoms with E-state index in [0.29, 0.717) is 23.0 Å². The van der Waals surface area contributed by atoms with Crippen molar-refractivity contribution in [2.45, 2.75) is 17.6 Å². The van der Waals surface area contributed by atoms with Gasteiger partial charge in [-0.1, -0.05) is 18.2 Å². The summed E-state index contributed by atoms with van der Waals surface area (Å²) in [4.78, 5) is 14.1. The van der Waals surface area contributed by atoms with Gasteiger partial charge in [0, 0.05) is 28.4 Å². The van der Waals surface area contributed by atoms with E-state index in [0.717, 1.165) is 21.5 Å². The minimum atomic E-state index is 0.186. The van der Waals surface area contributed by atoms with Crippen molar-refractivity contribution in [2.24, 2.45) is 0 Å². The molecular weight excluding hydrogens is 404 g/mol. The lowest BCUT2D eigenvalue weighted by molar-refractivity contribution is 0.467. The maximum absolute atomic E-state index is 9.92. The smallest absolute Gasteiger partial charge is 0.188 e. The molecule has 2 N–H and O–H groups in total. The van der Waals surface area contributed by atoms with Crippen molar-refractivity contribution in [3.63, 3.8) is 0 Å². The van der Waals surface area contributed by atoms with Crippen LogP contribution < -0.4 is 10.1 Å². The highest BCUT2D eigenvalue weighted by Crippen LogP contribution is 2.35. The Labute approximate surface area is 176 Å². The third-order valence-corrected chi connectivity index (χ3v) is 5.73. The molecule has 0 aliphatic carbocycles. The van der Waals surface area contributed by atoms with Crippen LogP contribution in [-0.4, -0.2) is 20.1 Å². The van der Waals surface area contributed by atoms with E-state index in [2.05, 4.69) is 20.3 Å². The first-order valence-electron chi connectivity index (χ1n) is 8.85. The fourth-order valence-electron chi connectivity index (χ4n) is 2.50. The van der Waals surface area contributed by atoms with Gasteiger partial charge in [-0.05, 0) is 37.3 Å². The van der Waals surface area contributed by atoms with Crippen LogP contribution in [0.3, 0.4) is 0 Å². The number of thioether (sulfide) groups is 1. The number of hydrogen-bond donors (Lipinski definition) is 2. The lowest BCUT2D eigenvalue weighted by atomic mass is 10.3. The summed E-state index contributed by atoms with van der Waals surface area (Å²) in [7, 11) is 0. The van der Waals surface area contributed by atoms with Crippen LogP contribution in [0.15, 0.2) is 71.2 Å². The number of aromatic nitrogens is 3. The first kappa shape index (κ1) is 19.2. The van der Waals surface area contributed by atoms with Gasteiger partial charge in [-0.3, -0.25) is 4.98 Å². The second-order valence-corrected chi connectivity index (χ2v) is 8.02. The quantitative estimate of drug-likeness (QED) is 0.366. The van der Waals surface area contributed by atoms with E-state index in [1.807, 2.05) is 48.7 Å². The monoisotopic (exact) mass is 422 g/mol. The van der Waals surface area contributed by atoms with E-state index in [4.69, 9.17) is 4.74 Å². The van der Waals surface area contributed by atoms with Crippen LogP contribution in [0, 0.1) is 6.92 Å². The highest BCUT2D eigenvalue weighted by molar-refractivity contribution is 7.98. The molecule has 0 atom stereocenters. The summed E-state index contributed by atoms with van der Waals surface area (Å²) in [6.07, 6.45) is 3.44. The number of pyridine rings is 2. The van der Waals surface area contributed by atoms with Gasteiger partial charge in [0.25, 0.3) is 0 Å². The first-order chi connectivity index (χ1) is 14.2. The van der Waals surface area contributed by atoms with Crippen molar-refractivity contribution >= 4 is 34.0 Å². The Bertz CT molecular complexity index is 1100. The summed E-state index contributed by atoms with van der Waals surface area (Å²) >= 11 is 3.04. The number of nitrogens with one attached hydrogen (secondary N) is 1. The Kier molecular flexibility index (Phi) is 5.92. The molecule has 0 aliphatic rings. The molecule has 0 unspecified atom stereocenters. The molecule has 6 nitrogen and oxygen atoms in total. The second-order valence-electron chi connectivity index (χ2n) is 6.11. The molecule has 0 saturated carbocycles. The SMILES string of the molecule is Cc1csc(Nc2ncc(SCc3ncccc3O)cc2Oc2ccccc2)n1. The molecule has 0 spiro atoms. The highest BCUT2D eigenvalue weighted by Gasteiger charge is 2.12. The topological polar surface area (TPSA) is 80.2 Å². The third kappa shape index (κ3) is 5.04. The Morgan fingerprint density at radius 1 is 1.14 bits per heavy atom. The van der Waals surface area contributed by atoms with Gasteiger partial charge in [0.15, 0.2) is 16.7 Å². The van der Waals surface area contributed by atoms with Crippen molar-refractivity contribution in [2.75, 3.05) is 5.32 Å². The minimum Gasteiger partial charge on any atom is -0.506 e. The summed E-state index contributed by atoms with van der Waals surface area (Å²) < 4.78 is 6.08. The van der Waals surface area contributed by atoms with Crippen LogP contribution in [0.1, 0.15) is 11.4 Å². The van der Waals surface area contributed by atoms with Gasteiger partial charge in [-0.25, -0.2) is 9.97 Å². The lowest BCUT2D eigenvalue weighted by Gasteiger charge is -2.12. The molecule has 3 aromatic heterocycles. The number of aromatic hydroxyl groups is 1. The third-order valence-electron chi connectivity index (χ3n) is 3.88. The molecule has 4 rings (SSSR count). The average Bonchev–Trinajstić information content (AvgIpc) is 3.14. The largest absolute Gasteiger partial charge is 0.506 e. The van der Waals surface area contributed by atoms with Crippen LogP contribution >= 0.6 is 23.1 Å². The van der Waals surface area contributed by atoms with Crippen LogP contribution in [0.2, 0.25) is 0 Å². The number of para-hydroxylation sites is 1. The number of benzene rings is 1. The molecule has 8 heteroatoms. The molecule has 0 bridgehead atoms. The van der Waals surface area contributed by atoms with Crippen molar-refractivity contribution in [1.29, 1.82) is 0 Å². The standard InChI is InChI=1S/C21H18N4O2S2/c1-14-12-29-21(24-14)25-20-19(27-15-6-3-2-4-7-15)10-16(11-23-20)28-13-17-18(26)8-5-9-22-17/h2-12,26H,13H2,1H3,(H,23,24,25). The number of rotatable bonds is 7. The molecule has 0 amide bonds. The number of aryl methyl sites for hydroxylation is 1. The predicted molar refractivity (Wildman–Crippen MR) is 116 cm³/mol. The van der Waals surface area contributed by atoms with E-state index in [1.54, 1.807) is 24.5 Å². The Morgan fingerprint density at radius 2 is 2.00 bits per heavy atom. The molecule has 146 valence electrons. The van der Waals surface area contributed by atoms with Crippen LogP contribution in [-0.2, 0) is 5.75 Å². The molecule has 29 heavy (non-hydrogen) atoms. The number of nitrogens with zero attached hydrogens (tertiary/aromatic N) is 3. The van der Waals surface area contributed by atoms with Crippen LogP contribution in [0.4, 0.5) is 10.9 Å². The maximum atomic E-state index is 9.92. The molecule has 0 radical (unpaired) electrons. The molecule has 3 heterocycles.